The van der Waals surface area contributed by atoms with E-state index in [9.17, 15) is 21.6 Å². The van der Waals surface area contributed by atoms with E-state index in [1.54, 1.807) is 12.1 Å². The molecule has 5 nitrogen and oxygen atoms in total. The van der Waals surface area contributed by atoms with E-state index in [-0.39, 0.29) is 10.5 Å². The van der Waals surface area contributed by atoms with Crippen LogP contribution in [0.4, 0.5) is 13.2 Å². The highest BCUT2D eigenvalue weighted by Crippen LogP contribution is 2.31. The van der Waals surface area contributed by atoms with E-state index >= 15 is 0 Å². The van der Waals surface area contributed by atoms with Crippen molar-refractivity contribution in [1.29, 1.82) is 0 Å². The van der Waals surface area contributed by atoms with Crippen molar-refractivity contribution in [2.75, 3.05) is 6.54 Å². The molecule has 0 aliphatic rings. The smallest absolute Gasteiger partial charge is 0.330 e. The second kappa shape index (κ2) is 6.16. The summed E-state index contributed by atoms with van der Waals surface area (Å²) in [5, 5.41) is 0.642. The van der Waals surface area contributed by atoms with Crippen molar-refractivity contribution in [3.63, 3.8) is 0 Å². The zero-order valence-corrected chi connectivity index (χ0v) is 13.7. The molecule has 0 spiro atoms. The van der Waals surface area contributed by atoms with Crippen molar-refractivity contribution in [3.05, 3.63) is 59.9 Å². The van der Waals surface area contributed by atoms with Crippen LogP contribution in [-0.2, 0) is 22.6 Å². The minimum Gasteiger partial charge on any atom is -0.330 e. The van der Waals surface area contributed by atoms with Gasteiger partial charge in [-0.1, -0.05) is 0 Å². The Balaban J connectivity index is 2.13. The number of hydrogen-bond acceptors (Lipinski definition) is 4. The quantitative estimate of drug-likeness (QED) is 0.767. The van der Waals surface area contributed by atoms with Crippen LogP contribution in [0.1, 0.15) is 11.1 Å². The molecular formula is C16H14F3N3O2S. The molecule has 0 aliphatic carbocycles. The molecule has 2 N–H and O–H groups in total. The van der Waals surface area contributed by atoms with E-state index in [0.717, 1.165) is 28.2 Å². The van der Waals surface area contributed by atoms with Crippen LogP contribution < -0.4 is 5.73 Å². The van der Waals surface area contributed by atoms with Crippen molar-refractivity contribution >= 4 is 21.1 Å². The Morgan fingerprint density at radius 1 is 1.12 bits per heavy atom. The molecule has 25 heavy (non-hydrogen) atoms. The minimum atomic E-state index is -4.53. The maximum Gasteiger partial charge on any atom is 0.416 e. The van der Waals surface area contributed by atoms with Crippen molar-refractivity contribution in [2.24, 2.45) is 5.73 Å². The van der Waals surface area contributed by atoms with Crippen molar-refractivity contribution in [3.8, 4) is 0 Å². The normalized spacial score (nSPS) is 12.6. The molecule has 1 aromatic carbocycles. The topological polar surface area (TPSA) is 78.0 Å². The summed E-state index contributed by atoms with van der Waals surface area (Å²) in [6.45, 7) is 0.328. The summed E-state index contributed by atoms with van der Waals surface area (Å²) in [4.78, 5) is 3.85. The molecule has 0 unspecified atom stereocenters. The standard InChI is InChI=1S/C16H14F3N3O2S/c17-16(18,19)12-3-5-13(6-4-12)25(23,24)22-10-11(7-8-20)14-2-1-9-21-15(14)22/h1-6,9-10H,7-8,20H2. The average Bonchev–Trinajstić information content (AvgIpc) is 2.94. The summed E-state index contributed by atoms with van der Waals surface area (Å²) < 4.78 is 64.6. The largest absolute Gasteiger partial charge is 0.416 e. The fourth-order valence-corrected chi connectivity index (χ4v) is 3.91. The average molecular weight is 369 g/mol. The van der Waals surface area contributed by atoms with Gasteiger partial charge in [0.2, 0.25) is 0 Å². The van der Waals surface area contributed by atoms with Gasteiger partial charge in [-0.05, 0) is 54.9 Å². The Bertz CT molecular complexity index is 1010. The third kappa shape index (κ3) is 3.12. The van der Waals surface area contributed by atoms with Crippen LogP contribution in [0.3, 0.4) is 0 Å². The van der Waals surface area contributed by atoms with E-state index in [2.05, 4.69) is 4.98 Å². The maximum atomic E-state index is 12.8. The SMILES string of the molecule is NCCc1cn(S(=O)(=O)c2ccc(C(F)(F)F)cc2)c2ncccc12. The number of nitrogens with two attached hydrogens (primary N) is 1. The van der Waals surface area contributed by atoms with Crippen LogP contribution in [0.25, 0.3) is 11.0 Å². The molecule has 0 saturated heterocycles. The van der Waals surface area contributed by atoms with Crippen LogP contribution in [0.15, 0.2) is 53.7 Å². The molecule has 3 aromatic rings. The van der Waals surface area contributed by atoms with Gasteiger partial charge in [0.1, 0.15) is 0 Å². The number of benzene rings is 1. The van der Waals surface area contributed by atoms with Gasteiger partial charge in [0.15, 0.2) is 5.65 Å². The zero-order valence-electron chi connectivity index (χ0n) is 12.9. The highest BCUT2D eigenvalue weighted by Gasteiger charge is 2.31. The highest BCUT2D eigenvalue weighted by molar-refractivity contribution is 7.90. The van der Waals surface area contributed by atoms with Crippen LogP contribution in [-0.4, -0.2) is 23.9 Å². The van der Waals surface area contributed by atoms with Gasteiger partial charge in [0, 0.05) is 17.8 Å². The van der Waals surface area contributed by atoms with E-state index < -0.39 is 21.8 Å². The zero-order chi connectivity index (χ0) is 18.2. The third-order valence-corrected chi connectivity index (χ3v) is 5.43. The Labute approximate surface area is 142 Å². The van der Waals surface area contributed by atoms with Crippen molar-refractivity contribution in [2.45, 2.75) is 17.5 Å². The molecule has 2 aromatic heterocycles. The third-order valence-electron chi connectivity index (χ3n) is 3.77. The van der Waals surface area contributed by atoms with Crippen molar-refractivity contribution in [1.82, 2.24) is 8.96 Å². The lowest BCUT2D eigenvalue weighted by Gasteiger charge is -2.09. The maximum absolute atomic E-state index is 12.8. The van der Waals surface area contributed by atoms with Gasteiger partial charge in [-0.3, -0.25) is 0 Å². The molecule has 0 atom stereocenters. The number of pyridine rings is 1. The van der Waals surface area contributed by atoms with Crippen LogP contribution in [0.5, 0.6) is 0 Å². The Kier molecular flexibility index (Phi) is 4.29. The van der Waals surface area contributed by atoms with E-state index in [1.807, 2.05) is 0 Å². The number of hydrogen-bond donors (Lipinski definition) is 1. The number of rotatable bonds is 4. The first-order valence-electron chi connectivity index (χ1n) is 7.33. The van der Waals surface area contributed by atoms with E-state index in [1.165, 1.54) is 12.4 Å². The molecule has 0 radical (unpaired) electrons. The number of halogens is 3. The summed E-state index contributed by atoms with van der Waals surface area (Å²) in [6, 6.07) is 6.77. The van der Waals surface area contributed by atoms with Gasteiger partial charge in [-0.25, -0.2) is 17.4 Å². The van der Waals surface area contributed by atoms with Crippen LogP contribution >= 0.6 is 0 Å². The lowest BCUT2D eigenvalue weighted by molar-refractivity contribution is -0.137. The van der Waals surface area contributed by atoms with Gasteiger partial charge in [0.25, 0.3) is 10.0 Å². The fraction of sp³-hybridized carbons (Fsp3) is 0.188. The first-order valence-corrected chi connectivity index (χ1v) is 8.77. The Morgan fingerprint density at radius 2 is 1.80 bits per heavy atom. The summed E-state index contributed by atoms with van der Waals surface area (Å²) in [6.07, 6.45) is -1.21. The van der Waals surface area contributed by atoms with E-state index in [4.69, 9.17) is 5.73 Å². The first kappa shape index (κ1) is 17.4. The summed E-state index contributed by atoms with van der Waals surface area (Å²) in [5.74, 6) is 0. The monoisotopic (exact) mass is 369 g/mol. The number of aromatic nitrogens is 2. The Hall–Kier alpha value is -2.39. The van der Waals surface area contributed by atoms with Gasteiger partial charge >= 0.3 is 6.18 Å². The molecule has 9 heteroatoms. The molecule has 132 valence electrons. The van der Waals surface area contributed by atoms with Gasteiger partial charge in [0.05, 0.1) is 10.5 Å². The first-order chi connectivity index (χ1) is 11.7. The number of nitrogens with zero attached hydrogens (tertiary/aromatic N) is 2. The predicted molar refractivity (Wildman–Crippen MR) is 86.5 cm³/mol. The molecular weight excluding hydrogens is 355 g/mol. The van der Waals surface area contributed by atoms with Gasteiger partial charge in [-0.15, -0.1) is 0 Å². The number of alkyl halides is 3. The second-order valence-corrected chi connectivity index (χ2v) is 7.21. The lowest BCUT2D eigenvalue weighted by Crippen LogP contribution is -2.13. The highest BCUT2D eigenvalue weighted by atomic mass is 32.2. The van der Waals surface area contributed by atoms with E-state index in [0.29, 0.717) is 23.9 Å². The molecule has 0 saturated carbocycles. The molecule has 0 fully saturated rings. The predicted octanol–water partition coefficient (Wildman–Crippen LogP) is 2.79. The van der Waals surface area contributed by atoms with Gasteiger partial charge in [-0.2, -0.15) is 13.2 Å². The molecule has 0 aliphatic heterocycles. The lowest BCUT2D eigenvalue weighted by atomic mass is 10.2. The molecule has 2 heterocycles. The van der Waals surface area contributed by atoms with Crippen LogP contribution in [0.2, 0.25) is 0 Å². The molecule has 3 rings (SSSR count). The molecule has 0 amide bonds. The van der Waals surface area contributed by atoms with Crippen LogP contribution in [0, 0.1) is 0 Å². The summed E-state index contributed by atoms with van der Waals surface area (Å²) in [7, 11) is -4.08. The van der Waals surface area contributed by atoms with Crippen molar-refractivity contribution < 1.29 is 21.6 Å². The Morgan fingerprint density at radius 3 is 2.40 bits per heavy atom. The van der Waals surface area contributed by atoms with Gasteiger partial charge < -0.3 is 5.73 Å². The fourth-order valence-electron chi connectivity index (χ4n) is 2.56. The molecule has 0 bridgehead atoms. The summed E-state index contributed by atoms with van der Waals surface area (Å²) >= 11 is 0. The second-order valence-electron chi connectivity index (χ2n) is 5.39. The number of fused-ring (bicyclic) bond motifs is 1. The summed E-state index contributed by atoms with van der Waals surface area (Å²) in [5.41, 5.74) is 5.56. The minimum absolute atomic E-state index is 0.214.